The smallest absolute Gasteiger partial charge is 0.261 e. The molecular weight excluding hydrogens is 442 g/mol. The van der Waals surface area contributed by atoms with Gasteiger partial charge in [0, 0.05) is 45.6 Å². The van der Waals surface area contributed by atoms with Crippen molar-refractivity contribution < 1.29 is 9.90 Å². The number of aromatic hydroxyl groups is 1. The van der Waals surface area contributed by atoms with Crippen molar-refractivity contribution in [3.63, 3.8) is 0 Å². The van der Waals surface area contributed by atoms with Crippen molar-refractivity contribution in [1.82, 2.24) is 10.3 Å². The molecule has 1 atom stereocenters. The Kier molecular flexibility index (Phi) is 6.63. The Bertz CT molecular complexity index is 1240. The van der Waals surface area contributed by atoms with Crippen molar-refractivity contribution in [1.29, 1.82) is 5.41 Å². The van der Waals surface area contributed by atoms with Crippen LogP contribution >= 0.6 is 22.9 Å². The van der Waals surface area contributed by atoms with Gasteiger partial charge in [0.1, 0.15) is 5.75 Å². The lowest BCUT2D eigenvalue weighted by Gasteiger charge is -2.20. The number of pyridine rings is 1. The average molecular weight is 462 g/mol. The average Bonchev–Trinajstić information content (AvgIpc) is 3.30. The van der Waals surface area contributed by atoms with E-state index in [4.69, 9.17) is 17.0 Å². The van der Waals surface area contributed by atoms with Crippen molar-refractivity contribution in [3.8, 4) is 16.2 Å². The lowest BCUT2D eigenvalue weighted by molar-refractivity contribution is 0.0941. The maximum absolute atomic E-state index is 13.1. The quantitative estimate of drug-likeness (QED) is 0.291. The minimum absolute atomic E-state index is 0.0739. The maximum atomic E-state index is 13.1. The lowest BCUT2D eigenvalue weighted by Crippen LogP contribution is -2.29. The summed E-state index contributed by atoms with van der Waals surface area (Å²) in [7, 11) is 0. The predicted octanol–water partition coefficient (Wildman–Crippen LogP) is 6.10. The van der Waals surface area contributed by atoms with Gasteiger partial charge in [0.15, 0.2) is 0 Å². The normalized spacial score (nSPS) is 11.7. The highest BCUT2D eigenvalue weighted by molar-refractivity contribution is 7.17. The molecule has 0 aliphatic rings. The van der Waals surface area contributed by atoms with Crippen LogP contribution in [0.4, 0.5) is 0 Å². The number of amides is 1. The zero-order valence-electron chi connectivity index (χ0n) is 17.0. The Balaban J connectivity index is 1.57. The molecule has 1 amide bonds. The summed E-state index contributed by atoms with van der Waals surface area (Å²) in [5, 5.41) is 22.5. The van der Waals surface area contributed by atoms with Gasteiger partial charge in [-0.2, -0.15) is 0 Å². The molecule has 4 rings (SSSR count). The van der Waals surface area contributed by atoms with Crippen LogP contribution in [0.25, 0.3) is 10.4 Å². The first kappa shape index (κ1) is 21.7. The van der Waals surface area contributed by atoms with E-state index in [1.54, 1.807) is 54.9 Å². The molecule has 160 valence electrons. The number of hydrogen-bond acceptors (Lipinski definition) is 5. The van der Waals surface area contributed by atoms with Crippen molar-refractivity contribution >= 4 is 34.6 Å². The van der Waals surface area contributed by atoms with Crippen LogP contribution in [-0.2, 0) is 0 Å². The molecule has 0 aliphatic heterocycles. The molecule has 0 saturated carbocycles. The molecule has 1 unspecified atom stereocenters. The SMILES string of the molecule is N=C(CC(NC(=O)c1ccc(-c2ccc(Cl)cc2)s1)c1ccccc1O)c1cccnc1. The van der Waals surface area contributed by atoms with Crippen LogP contribution in [0.15, 0.2) is 85.2 Å². The topological polar surface area (TPSA) is 86.1 Å². The molecule has 0 aliphatic carbocycles. The van der Waals surface area contributed by atoms with Gasteiger partial charge in [0.25, 0.3) is 5.91 Å². The number of rotatable bonds is 7. The third-order valence-corrected chi connectivity index (χ3v) is 6.38. The van der Waals surface area contributed by atoms with Crippen LogP contribution in [0, 0.1) is 5.41 Å². The second-order valence-corrected chi connectivity index (χ2v) is 8.70. The zero-order valence-corrected chi connectivity index (χ0v) is 18.5. The van der Waals surface area contributed by atoms with Crippen LogP contribution in [0.1, 0.15) is 33.3 Å². The monoisotopic (exact) mass is 461 g/mol. The highest BCUT2D eigenvalue weighted by atomic mass is 35.5. The Morgan fingerprint density at radius 1 is 1.06 bits per heavy atom. The molecular formula is C25H20ClN3O2S. The number of carbonyl (C=O) groups excluding carboxylic acids is 1. The van der Waals surface area contributed by atoms with Crippen LogP contribution < -0.4 is 5.32 Å². The number of nitrogens with zero attached hydrogens (tertiary/aromatic N) is 1. The number of para-hydroxylation sites is 1. The molecule has 2 aromatic heterocycles. The number of aromatic nitrogens is 1. The molecule has 32 heavy (non-hydrogen) atoms. The molecule has 2 heterocycles. The molecule has 2 aromatic carbocycles. The largest absolute Gasteiger partial charge is 0.508 e. The third kappa shape index (κ3) is 5.04. The summed E-state index contributed by atoms with van der Waals surface area (Å²) in [5.41, 5.74) is 2.53. The van der Waals surface area contributed by atoms with Crippen LogP contribution in [0.5, 0.6) is 5.75 Å². The summed E-state index contributed by atoms with van der Waals surface area (Å²) in [5.74, 6) is -0.188. The first-order valence-electron chi connectivity index (χ1n) is 9.93. The fourth-order valence-corrected chi connectivity index (χ4v) is 4.38. The second-order valence-electron chi connectivity index (χ2n) is 7.18. The zero-order chi connectivity index (χ0) is 22.5. The lowest BCUT2D eigenvalue weighted by atomic mass is 9.97. The summed E-state index contributed by atoms with van der Waals surface area (Å²) in [6, 6.07) is 21.0. The maximum Gasteiger partial charge on any atom is 0.261 e. The fraction of sp³-hybridized carbons (Fsp3) is 0.0800. The number of nitrogens with one attached hydrogen (secondary N) is 2. The highest BCUT2D eigenvalue weighted by Gasteiger charge is 2.22. The number of thiophene rings is 1. The van der Waals surface area contributed by atoms with E-state index in [0.29, 0.717) is 26.7 Å². The molecule has 3 N–H and O–H groups in total. The minimum atomic E-state index is -0.572. The first-order chi connectivity index (χ1) is 15.5. The highest BCUT2D eigenvalue weighted by Crippen LogP contribution is 2.31. The van der Waals surface area contributed by atoms with Crippen molar-refractivity contribution in [2.24, 2.45) is 0 Å². The minimum Gasteiger partial charge on any atom is -0.508 e. The fourth-order valence-electron chi connectivity index (χ4n) is 3.34. The molecule has 0 bridgehead atoms. The van der Waals surface area contributed by atoms with E-state index in [9.17, 15) is 9.90 Å². The summed E-state index contributed by atoms with van der Waals surface area (Å²) in [6.07, 6.45) is 3.47. The molecule has 5 nitrogen and oxygen atoms in total. The van der Waals surface area contributed by atoms with Gasteiger partial charge in [0.05, 0.1) is 10.9 Å². The van der Waals surface area contributed by atoms with Crippen molar-refractivity contribution in [2.45, 2.75) is 12.5 Å². The second kappa shape index (κ2) is 9.77. The van der Waals surface area contributed by atoms with Crippen molar-refractivity contribution in [2.75, 3.05) is 0 Å². The number of phenols is 1. The molecule has 0 spiro atoms. The number of carbonyl (C=O) groups is 1. The number of benzene rings is 2. The van der Waals surface area contributed by atoms with E-state index in [1.807, 2.05) is 30.3 Å². The molecule has 0 saturated heterocycles. The van der Waals surface area contributed by atoms with Crippen LogP contribution in [0.3, 0.4) is 0 Å². The molecule has 0 radical (unpaired) electrons. The summed E-state index contributed by atoms with van der Waals surface area (Å²) < 4.78 is 0. The van der Waals surface area contributed by atoms with Crippen LogP contribution in [-0.4, -0.2) is 21.7 Å². The molecule has 7 heteroatoms. The van der Waals surface area contributed by atoms with Gasteiger partial charge in [-0.3, -0.25) is 9.78 Å². The van der Waals surface area contributed by atoms with Gasteiger partial charge in [-0.05, 0) is 42.0 Å². The van der Waals surface area contributed by atoms with E-state index < -0.39 is 6.04 Å². The van der Waals surface area contributed by atoms with E-state index in [2.05, 4.69) is 10.3 Å². The van der Waals surface area contributed by atoms with Gasteiger partial charge < -0.3 is 15.8 Å². The van der Waals surface area contributed by atoms with Gasteiger partial charge in [-0.1, -0.05) is 48.0 Å². The number of halogens is 1. The van der Waals surface area contributed by atoms with E-state index >= 15 is 0 Å². The van der Waals surface area contributed by atoms with Gasteiger partial charge >= 0.3 is 0 Å². The Morgan fingerprint density at radius 3 is 2.56 bits per heavy atom. The molecule has 0 fully saturated rings. The van der Waals surface area contributed by atoms with E-state index in [0.717, 1.165) is 10.4 Å². The standard InChI is InChI=1S/C25H20ClN3O2S/c26-18-9-7-16(8-10-18)23-11-12-24(32-23)25(31)29-21(19-5-1-2-6-22(19)30)14-20(27)17-4-3-13-28-15-17/h1-13,15,21,27,30H,14H2,(H,29,31). The van der Waals surface area contributed by atoms with Crippen molar-refractivity contribution in [3.05, 3.63) is 106 Å². The summed E-state index contributed by atoms with van der Waals surface area (Å²) in [6.45, 7) is 0. The Morgan fingerprint density at radius 2 is 1.84 bits per heavy atom. The first-order valence-corrected chi connectivity index (χ1v) is 11.1. The van der Waals surface area contributed by atoms with E-state index in [-0.39, 0.29) is 18.1 Å². The summed E-state index contributed by atoms with van der Waals surface area (Å²) >= 11 is 7.34. The number of phenolic OH excluding ortho intramolecular Hbond substituents is 1. The predicted molar refractivity (Wildman–Crippen MR) is 129 cm³/mol. The van der Waals surface area contributed by atoms with E-state index in [1.165, 1.54) is 11.3 Å². The van der Waals surface area contributed by atoms with Gasteiger partial charge in [0.2, 0.25) is 0 Å². The number of hydrogen-bond donors (Lipinski definition) is 3. The Labute approximate surface area is 194 Å². The summed E-state index contributed by atoms with van der Waals surface area (Å²) in [4.78, 5) is 18.6. The van der Waals surface area contributed by atoms with Crippen LogP contribution in [0.2, 0.25) is 5.02 Å². The Hall–Kier alpha value is -3.48. The van der Waals surface area contributed by atoms with Gasteiger partial charge in [-0.25, -0.2) is 0 Å². The molecule has 4 aromatic rings. The third-order valence-electron chi connectivity index (χ3n) is 4.99. The van der Waals surface area contributed by atoms with Gasteiger partial charge in [-0.15, -0.1) is 11.3 Å².